The van der Waals surface area contributed by atoms with E-state index >= 15 is 0 Å². The van der Waals surface area contributed by atoms with Gasteiger partial charge < -0.3 is 30.7 Å². The number of halogens is 1. The zero-order valence-corrected chi connectivity index (χ0v) is 16.3. The Morgan fingerprint density at radius 1 is 1.41 bits per heavy atom. The Bertz CT molecular complexity index is 866. The molecule has 4 rings (SSSR count). The predicted octanol–water partition coefficient (Wildman–Crippen LogP) is -0.918. The second-order valence-electron chi connectivity index (χ2n) is 6.67. The molecule has 10 heteroatoms. The lowest BCUT2D eigenvalue weighted by atomic mass is 9.94. The Labute approximate surface area is 170 Å². The number of nitrogens with zero attached hydrogens (tertiary/aromatic N) is 4. The maximum Gasteiger partial charge on any atom is 0.162 e. The molecule has 1 saturated heterocycles. The Morgan fingerprint density at radius 3 is 2.93 bits per heavy atom. The molecule has 3 heterocycles. The molecule has 9 nitrogen and oxygen atoms in total. The molecule has 6 atom stereocenters. The van der Waals surface area contributed by atoms with Crippen molar-refractivity contribution in [3.8, 4) is 0 Å². The maximum atomic E-state index is 10.3. The van der Waals surface area contributed by atoms with Crippen LogP contribution in [0.4, 0.5) is 0 Å². The van der Waals surface area contributed by atoms with Crippen LogP contribution in [-0.2, 0) is 11.2 Å². The molecule has 0 saturated carbocycles. The van der Waals surface area contributed by atoms with Crippen molar-refractivity contribution < 1.29 is 21.4 Å². The first kappa shape index (κ1) is 17.6. The molecule has 0 aliphatic carbocycles. The average molecular weight is 486 g/mol. The molecule has 0 radical (unpaired) electrons. The van der Waals surface area contributed by atoms with Crippen molar-refractivity contribution >= 4 is 40.5 Å². The SMILES string of the molecule is [2H]C(O)[C@H]1O[C@@H](N2CN=C3C2=NC=NC3(N)Cc2cccc(I)c2)[C@H](O)[C@@H]1O. The minimum absolute atomic E-state index is 0.109. The highest BCUT2D eigenvalue weighted by Crippen LogP contribution is 2.30. The number of fused-ring (bicyclic) bond motifs is 1. The van der Waals surface area contributed by atoms with Crippen molar-refractivity contribution in [2.45, 2.75) is 36.6 Å². The van der Waals surface area contributed by atoms with Gasteiger partial charge in [-0.05, 0) is 40.3 Å². The summed E-state index contributed by atoms with van der Waals surface area (Å²) < 4.78 is 14.0. The van der Waals surface area contributed by atoms with Gasteiger partial charge in [0.2, 0.25) is 0 Å². The molecule has 1 fully saturated rings. The van der Waals surface area contributed by atoms with Gasteiger partial charge in [0, 0.05) is 9.99 Å². The molecular formula is C17H20IN5O4. The van der Waals surface area contributed by atoms with Crippen LogP contribution in [-0.4, -0.2) is 81.6 Å². The molecule has 1 aromatic carbocycles. The Balaban J connectivity index is 1.57. The van der Waals surface area contributed by atoms with E-state index in [-0.39, 0.29) is 6.67 Å². The van der Waals surface area contributed by atoms with Crippen molar-refractivity contribution in [1.29, 1.82) is 0 Å². The highest BCUT2D eigenvalue weighted by Gasteiger charge is 2.50. The standard InChI is InChI=1S/C17H20IN5O4/c18-10-3-1-2-9(4-10)5-17(19)14-15(20-7-22-17)23(8-21-14)16-13(26)12(25)11(6-24)27-16/h1-4,7,11-13,16,24-26H,5-6,8,19H2/t11-,12-,13-,16-,17?/m1/s1/i6D/t6?,11-,12-,13-,16-,17?. The zero-order chi connectivity index (χ0) is 20.1. The van der Waals surface area contributed by atoms with Crippen molar-refractivity contribution in [1.82, 2.24) is 4.90 Å². The van der Waals surface area contributed by atoms with Crippen molar-refractivity contribution in [3.05, 3.63) is 33.4 Å². The van der Waals surface area contributed by atoms with Gasteiger partial charge in [-0.3, -0.25) is 4.99 Å². The van der Waals surface area contributed by atoms with E-state index in [4.69, 9.17) is 11.8 Å². The van der Waals surface area contributed by atoms with Crippen LogP contribution in [0.15, 0.2) is 39.2 Å². The number of ether oxygens (including phenoxy) is 1. The van der Waals surface area contributed by atoms with Crippen LogP contribution in [0.25, 0.3) is 0 Å². The average Bonchev–Trinajstić information content (AvgIpc) is 3.18. The van der Waals surface area contributed by atoms with Gasteiger partial charge in [0.25, 0.3) is 0 Å². The second-order valence-corrected chi connectivity index (χ2v) is 7.91. The van der Waals surface area contributed by atoms with Gasteiger partial charge >= 0.3 is 0 Å². The number of hydrogen-bond donors (Lipinski definition) is 4. The summed E-state index contributed by atoms with van der Waals surface area (Å²) >= 11 is 2.23. The second kappa shape index (κ2) is 7.18. The van der Waals surface area contributed by atoms with E-state index in [2.05, 4.69) is 37.6 Å². The third kappa shape index (κ3) is 3.30. The fourth-order valence-electron chi connectivity index (χ4n) is 3.49. The minimum Gasteiger partial charge on any atom is -0.394 e. The number of benzene rings is 1. The van der Waals surface area contributed by atoms with E-state index in [1.807, 2.05) is 24.3 Å². The van der Waals surface area contributed by atoms with Gasteiger partial charge in [-0.1, -0.05) is 12.1 Å². The first-order valence-corrected chi connectivity index (χ1v) is 9.47. The third-order valence-electron chi connectivity index (χ3n) is 4.84. The number of aliphatic hydroxyl groups is 3. The molecule has 5 N–H and O–H groups in total. The Morgan fingerprint density at radius 2 is 2.22 bits per heavy atom. The molecule has 144 valence electrons. The topological polar surface area (TPSA) is 136 Å². The summed E-state index contributed by atoms with van der Waals surface area (Å²) in [5.41, 5.74) is 6.91. The third-order valence-corrected chi connectivity index (χ3v) is 5.51. The predicted molar refractivity (Wildman–Crippen MR) is 108 cm³/mol. The molecule has 27 heavy (non-hydrogen) atoms. The Hall–Kier alpha value is -1.44. The van der Waals surface area contributed by atoms with Crippen LogP contribution < -0.4 is 5.73 Å². The molecule has 3 aliphatic heterocycles. The van der Waals surface area contributed by atoms with E-state index in [9.17, 15) is 15.3 Å². The first-order chi connectivity index (χ1) is 13.3. The van der Waals surface area contributed by atoms with Gasteiger partial charge in [-0.25, -0.2) is 9.98 Å². The van der Waals surface area contributed by atoms with Crippen LogP contribution in [0.5, 0.6) is 0 Å². The van der Waals surface area contributed by atoms with E-state index in [0.29, 0.717) is 18.0 Å². The van der Waals surface area contributed by atoms with Crippen LogP contribution in [0.1, 0.15) is 6.93 Å². The Kier molecular flexibility index (Phi) is 4.70. The summed E-state index contributed by atoms with van der Waals surface area (Å²) in [7, 11) is 0. The lowest BCUT2D eigenvalue weighted by molar-refractivity contribution is -0.0688. The molecule has 0 amide bonds. The molecule has 0 spiro atoms. The molecule has 3 aliphatic rings. The number of aliphatic imine (C=N–C) groups is 3. The van der Waals surface area contributed by atoms with Gasteiger partial charge in [-0.2, -0.15) is 0 Å². The number of rotatable bonds is 4. The highest BCUT2D eigenvalue weighted by molar-refractivity contribution is 14.1. The summed E-state index contributed by atoms with van der Waals surface area (Å²) in [5.74, 6) is 0.402. The number of hydrogen-bond acceptors (Lipinski definition) is 9. The quantitative estimate of drug-likeness (QED) is 0.407. The smallest absolute Gasteiger partial charge is 0.162 e. The largest absolute Gasteiger partial charge is 0.394 e. The van der Waals surface area contributed by atoms with Crippen LogP contribution in [0.3, 0.4) is 0 Å². The maximum absolute atomic E-state index is 10.3. The van der Waals surface area contributed by atoms with Crippen LogP contribution in [0.2, 0.25) is 0 Å². The molecular weight excluding hydrogens is 465 g/mol. The summed E-state index contributed by atoms with van der Waals surface area (Å²) in [4.78, 5) is 14.6. The van der Waals surface area contributed by atoms with Gasteiger partial charge in [0.05, 0.1) is 7.95 Å². The highest BCUT2D eigenvalue weighted by atomic mass is 127. The lowest BCUT2D eigenvalue weighted by Crippen LogP contribution is -2.56. The summed E-state index contributed by atoms with van der Waals surface area (Å²) in [6, 6.07) is 7.91. The lowest BCUT2D eigenvalue weighted by Gasteiger charge is -2.32. The number of nitrogens with two attached hydrogens (primary N) is 1. The van der Waals surface area contributed by atoms with Crippen molar-refractivity contribution in [2.24, 2.45) is 20.7 Å². The fourth-order valence-corrected chi connectivity index (χ4v) is 4.10. The number of amidine groups is 1. The van der Waals surface area contributed by atoms with Gasteiger partial charge in [0.1, 0.15) is 37.0 Å². The summed E-state index contributed by atoms with van der Waals surface area (Å²) in [6.07, 6.45) is -3.19. The molecule has 0 aromatic heterocycles. The van der Waals surface area contributed by atoms with E-state index < -0.39 is 36.8 Å². The molecule has 0 bridgehead atoms. The van der Waals surface area contributed by atoms with Crippen molar-refractivity contribution in [3.63, 3.8) is 0 Å². The van der Waals surface area contributed by atoms with E-state index in [1.54, 1.807) is 4.90 Å². The molecule has 1 aromatic rings. The van der Waals surface area contributed by atoms with Gasteiger partial charge in [0.15, 0.2) is 17.7 Å². The zero-order valence-electron chi connectivity index (χ0n) is 15.2. The normalized spacial score (nSPS) is 36.9. The van der Waals surface area contributed by atoms with E-state index in [1.165, 1.54) is 6.34 Å². The van der Waals surface area contributed by atoms with Crippen LogP contribution in [0, 0.1) is 3.57 Å². The van der Waals surface area contributed by atoms with E-state index in [0.717, 1.165) is 9.13 Å². The first-order valence-electron chi connectivity index (χ1n) is 8.96. The van der Waals surface area contributed by atoms with Crippen molar-refractivity contribution in [2.75, 3.05) is 13.3 Å². The van der Waals surface area contributed by atoms with Gasteiger partial charge in [-0.15, -0.1) is 0 Å². The fraction of sp³-hybridized carbons (Fsp3) is 0.471. The monoisotopic (exact) mass is 486 g/mol. The molecule has 2 unspecified atom stereocenters. The number of aliphatic hydroxyl groups excluding tert-OH is 3. The summed E-state index contributed by atoms with van der Waals surface area (Å²) in [6.45, 7) is -1.57. The van der Waals surface area contributed by atoms with Crippen LogP contribution >= 0.6 is 22.6 Å². The summed E-state index contributed by atoms with van der Waals surface area (Å²) in [5, 5.41) is 29.9. The minimum atomic E-state index is -1.68.